The van der Waals surface area contributed by atoms with Crippen LogP contribution in [0.1, 0.15) is 116 Å². The summed E-state index contributed by atoms with van der Waals surface area (Å²) in [6, 6.07) is -1.00. The van der Waals surface area contributed by atoms with Gasteiger partial charge in [-0.1, -0.05) is 93.2 Å². The van der Waals surface area contributed by atoms with Crippen LogP contribution in [-0.2, 0) is 28.7 Å². The molecule has 0 aliphatic heterocycles. The van der Waals surface area contributed by atoms with Gasteiger partial charge >= 0.3 is 5.97 Å². The summed E-state index contributed by atoms with van der Waals surface area (Å²) in [6.07, 6.45) is 18.3. The quantitative estimate of drug-likeness (QED) is 0.0101. The highest BCUT2D eigenvalue weighted by Crippen LogP contribution is 2.13. The van der Waals surface area contributed by atoms with Crippen molar-refractivity contribution in [1.82, 2.24) is 21.4 Å². The summed E-state index contributed by atoms with van der Waals surface area (Å²) in [5, 5.41) is 20.9. The van der Waals surface area contributed by atoms with Crippen LogP contribution in [0, 0.1) is 0 Å². The minimum atomic E-state index is -1.11. The molecule has 1 atom stereocenters. The minimum Gasteiger partial charge on any atom is -0.480 e. The van der Waals surface area contributed by atoms with Crippen molar-refractivity contribution >= 4 is 52.1 Å². The number of hydrazone groups is 1. The van der Waals surface area contributed by atoms with E-state index < -0.39 is 17.9 Å². The standard InChI is InChI=1S/C31H60IN7O7/c32-24-29(41)35-19-15-14-16-26(31(43)44)37-30(42)25-46-23-22-45-21-20-36-28(40)18-13-11-9-7-5-3-1-2-4-6-8-10-12-17-27(38-33)39-34/h26H,1-25,33-34H2,(H,35,41)(H,36,40)(H,37,42)(H,38,39)(H,43,44). The molecule has 0 aromatic carbocycles. The van der Waals surface area contributed by atoms with Gasteiger partial charge in [-0.25, -0.2) is 10.6 Å². The predicted octanol–water partition coefficient (Wildman–Crippen LogP) is 3.01. The Labute approximate surface area is 288 Å². The number of hydrogen-bond acceptors (Lipinski definition) is 9. The number of carboxylic acids is 1. The van der Waals surface area contributed by atoms with Crippen LogP contribution in [0.5, 0.6) is 0 Å². The fourth-order valence-electron chi connectivity index (χ4n) is 4.67. The molecule has 0 radical (unpaired) electrons. The monoisotopic (exact) mass is 769 g/mol. The van der Waals surface area contributed by atoms with Crippen molar-refractivity contribution in [3.63, 3.8) is 0 Å². The number of rotatable bonds is 32. The van der Waals surface area contributed by atoms with Crippen LogP contribution < -0.4 is 33.1 Å². The van der Waals surface area contributed by atoms with Crippen molar-refractivity contribution in [2.24, 2.45) is 16.8 Å². The van der Waals surface area contributed by atoms with E-state index in [1.165, 1.54) is 57.8 Å². The minimum absolute atomic E-state index is 0.0268. The second-order valence-corrected chi connectivity index (χ2v) is 12.0. The maximum absolute atomic E-state index is 12.0. The topological polar surface area (TPSA) is 219 Å². The number of ether oxygens (including phenoxy) is 2. The number of halogens is 1. The number of hydrogen-bond donors (Lipinski definition) is 7. The second-order valence-electron chi connectivity index (χ2n) is 11.3. The molecule has 0 aliphatic rings. The van der Waals surface area contributed by atoms with Gasteiger partial charge in [0.1, 0.15) is 18.5 Å². The molecule has 0 spiro atoms. The van der Waals surface area contributed by atoms with E-state index in [4.69, 9.17) is 21.2 Å². The van der Waals surface area contributed by atoms with Gasteiger partial charge in [0.2, 0.25) is 17.7 Å². The summed E-state index contributed by atoms with van der Waals surface area (Å²) in [6.45, 7) is 1.40. The highest BCUT2D eigenvalue weighted by atomic mass is 127. The second kappa shape index (κ2) is 32.7. The number of amidine groups is 1. The summed E-state index contributed by atoms with van der Waals surface area (Å²) >= 11 is 1.97. The Morgan fingerprint density at radius 1 is 0.674 bits per heavy atom. The first-order valence-electron chi connectivity index (χ1n) is 16.8. The van der Waals surface area contributed by atoms with E-state index in [9.17, 15) is 24.3 Å². The Morgan fingerprint density at radius 3 is 1.76 bits per heavy atom. The van der Waals surface area contributed by atoms with Gasteiger partial charge in [0.25, 0.3) is 0 Å². The highest BCUT2D eigenvalue weighted by Gasteiger charge is 2.19. The summed E-state index contributed by atoms with van der Waals surface area (Å²) < 4.78 is 11.1. The molecule has 0 heterocycles. The largest absolute Gasteiger partial charge is 0.480 e. The number of amides is 3. The van der Waals surface area contributed by atoms with Crippen molar-refractivity contribution in [2.75, 3.05) is 43.9 Å². The average molecular weight is 770 g/mol. The molecule has 0 aliphatic carbocycles. The summed E-state index contributed by atoms with van der Waals surface area (Å²) in [7, 11) is 0. The van der Waals surface area contributed by atoms with Crippen molar-refractivity contribution < 1.29 is 33.8 Å². The van der Waals surface area contributed by atoms with Crippen molar-refractivity contribution in [1.29, 1.82) is 0 Å². The fraction of sp³-hybridized carbons (Fsp3) is 0.839. The van der Waals surface area contributed by atoms with Crippen LogP contribution in [0.15, 0.2) is 5.10 Å². The van der Waals surface area contributed by atoms with E-state index in [1.807, 2.05) is 22.6 Å². The lowest BCUT2D eigenvalue weighted by molar-refractivity contribution is -0.142. The molecular weight excluding hydrogens is 709 g/mol. The van der Waals surface area contributed by atoms with Crippen molar-refractivity contribution in [2.45, 2.75) is 122 Å². The van der Waals surface area contributed by atoms with Gasteiger partial charge in [-0.15, -0.1) is 0 Å². The van der Waals surface area contributed by atoms with Crippen molar-refractivity contribution in [3.05, 3.63) is 0 Å². The molecular formula is C31H60IN7O7. The Morgan fingerprint density at radius 2 is 1.22 bits per heavy atom. The van der Waals surface area contributed by atoms with Crippen molar-refractivity contribution in [3.8, 4) is 0 Å². The average Bonchev–Trinajstić information content (AvgIpc) is 3.04. The number of alkyl halides is 1. The van der Waals surface area contributed by atoms with Gasteiger partial charge in [0.05, 0.1) is 24.2 Å². The molecule has 0 rings (SSSR count). The Balaban J connectivity index is 3.51. The number of carbonyl (C=O) groups excluding carboxylic acids is 3. The van der Waals surface area contributed by atoms with Crippen LogP contribution in [-0.4, -0.2) is 84.6 Å². The first-order valence-corrected chi connectivity index (χ1v) is 18.4. The maximum Gasteiger partial charge on any atom is 0.326 e. The lowest BCUT2D eigenvalue weighted by Crippen LogP contribution is -2.42. The third-order valence-corrected chi connectivity index (χ3v) is 8.00. The molecule has 9 N–H and O–H groups in total. The van der Waals surface area contributed by atoms with Gasteiger partial charge in [-0.2, -0.15) is 5.10 Å². The molecule has 0 aromatic heterocycles. The number of aliphatic carboxylic acids is 1. The lowest BCUT2D eigenvalue weighted by atomic mass is 10.0. The third-order valence-electron chi connectivity index (χ3n) is 7.31. The molecule has 0 fully saturated rings. The molecule has 15 heteroatoms. The Bertz CT molecular complexity index is 837. The van der Waals surface area contributed by atoms with Gasteiger partial charge in [0, 0.05) is 25.9 Å². The molecule has 46 heavy (non-hydrogen) atoms. The van der Waals surface area contributed by atoms with E-state index in [0.717, 1.165) is 32.1 Å². The molecule has 0 aromatic rings. The molecule has 14 nitrogen and oxygen atoms in total. The zero-order valence-corrected chi connectivity index (χ0v) is 29.8. The summed E-state index contributed by atoms with van der Waals surface area (Å²) in [5.41, 5.74) is 2.51. The Kier molecular flexibility index (Phi) is 31.1. The molecule has 0 bridgehead atoms. The maximum atomic E-state index is 12.0. The summed E-state index contributed by atoms with van der Waals surface area (Å²) in [4.78, 5) is 46.6. The number of unbranched alkanes of at least 4 members (excludes halogenated alkanes) is 13. The molecule has 0 saturated carbocycles. The molecule has 1 unspecified atom stereocenters. The zero-order valence-electron chi connectivity index (χ0n) is 27.6. The molecule has 268 valence electrons. The number of nitrogens with two attached hydrogens (primary N) is 2. The SMILES string of the molecule is N/N=C(/CCCCCCCCCCCCCCCC(=O)NCCOCCOCC(=O)NC(CCCCNC(=O)CI)C(=O)O)NN. The van der Waals surface area contributed by atoms with Gasteiger partial charge in [-0.3, -0.25) is 14.4 Å². The van der Waals surface area contributed by atoms with Crippen LogP contribution in [0.2, 0.25) is 0 Å². The van der Waals surface area contributed by atoms with Crippen LogP contribution in [0.4, 0.5) is 0 Å². The van der Waals surface area contributed by atoms with Crippen LogP contribution in [0.3, 0.4) is 0 Å². The van der Waals surface area contributed by atoms with Gasteiger partial charge in [-0.05, 0) is 32.1 Å². The molecule has 3 amide bonds. The van der Waals surface area contributed by atoms with E-state index >= 15 is 0 Å². The highest BCUT2D eigenvalue weighted by molar-refractivity contribution is 14.1. The first kappa shape index (κ1) is 43.8. The van der Waals surface area contributed by atoms with Crippen LogP contribution >= 0.6 is 22.6 Å². The first-order chi connectivity index (χ1) is 22.3. The predicted molar refractivity (Wildman–Crippen MR) is 188 cm³/mol. The van der Waals surface area contributed by atoms with E-state index in [-0.39, 0.29) is 38.1 Å². The van der Waals surface area contributed by atoms with Crippen LogP contribution in [0.25, 0.3) is 0 Å². The number of nitrogens with zero attached hydrogens (tertiary/aromatic N) is 1. The number of carboxylic acid groups (broad SMARTS) is 1. The van der Waals surface area contributed by atoms with E-state index in [0.29, 0.717) is 49.2 Å². The third kappa shape index (κ3) is 29.2. The van der Waals surface area contributed by atoms with Gasteiger partial charge < -0.3 is 41.8 Å². The number of hydrazine groups is 1. The smallest absolute Gasteiger partial charge is 0.326 e. The van der Waals surface area contributed by atoms with E-state index in [2.05, 4.69) is 26.5 Å². The summed E-state index contributed by atoms with van der Waals surface area (Å²) in [5.74, 6) is 9.53. The zero-order chi connectivity index (χ0) is 34.1. The number of nitrogens with one attached hydrogen (secondary N) is 4. The lowest BCUT2D eigenvalue weighted by Gasteiger charge is -2.14. The molecule has 0 saturated heterocycles. The Hall–Kier alpha value is -2.24. The fourth-order valence-corrected chi connectivity index (χ4v) is 4.94. The van der Waals surface area contributed by atoms with E-state index in [1.54, 1.807) is 0 Å². The number of carbonyl (C=O) groups is 4. The normalized spacial score (nSPS) is 12.0. The van der Waals surface area contributed by atoms with Gasteiger partial charge in [0.15, 0.2) is 0 Å².